The Morgan fingerprint density at radius 2 is 2.00 bits per heavy atom. The number of nitrogens with one attached hydrogen (secondary N) is 1. The monoisotopic (exact) mass is 380 g/mol. The molecule has 0 aliphatic carbocycles. The van der Waals surface area contributed by atoms with Gasteiger partial charge in [0.2, 0.25) is 10.0 Å². The molecule has 0 amide bonds. The summed E-state index contributed by atoms with van der Waals surface area (Å²) in [5.41, 5.74) is 0. The van der Waals surface area contributed by atoms with Gasteiger partial charge in [-0.05, 0) is 57.1 Å². The molecule has 1 saturated heterocycles. The largest absolute Gasteiger partial charge is 0.303 e. The fourth-order valence-electron chi connectivity index (χ4n) is 2.29. The molecule has 0 aromatic heterocycles. The Morgan fingerprint density at radius 3 is 2.65 bits per heavy atom. The minimum absolute atomic E-state index is 0.128. The molecule has 4 nitrogen and oxygen atoms in total. The molecule has 0 spiro atoms. The van der Waals surface area contributed by atoms with Crippen LogP contribution in [0, 0.1) is 0 Å². The van der Waals surface area contributed by atoms with Gasteiger partial charge in [-0.3, -0.25) is 0 Å². The third kappa shape index (κ3) is 4.43. The van der Waals surface area contributed by atoms with E-state index in [1.807, 2.05) is 0 Å². The van der Waals surface area contributed by atoms with Crippen LogP contribution in [0.25, 0.3) is 0 Å². The van der Waals surface area contributed by atoms with Crippen LogP contribution < -0.4 is 4.72 Å². The molecule has 1 aromatic rings. The minimum Gasteiger partial charge on any atom is -0.303 e. The lowest BCUT2D eigenvalue weighted by Gasteiger charge is -2.14. The Balaban J connectivity index is 1.87. The molecule has 0 atom stereocenters. The van der Waals surface area contributed by atoms with Crippen molar-refractivity contribution in [2.75, 3.05) is 26.2 Å². The molecule has 1 aliphatic rings. The lowest BCUT2D eigenvalue weighted by molar-refractivity contribution is 0.334. The number of likely N-dealkylation sites (tertiary alicyclic amines) is 1. The molecule has 112 valence electrons. The molecule has 0 unspecified atom stereocenters. The third-order valence-corrected chi connectivity index (χ3v) is 5.76. The van der Waals surface area contributed by atoms with Crippen LogP contribution in [-0.2, 0) is 10.0 Å². The van der Waals surface area contributed by atoms with Crippen molar-refractivity contribution >= 4 is 37.6 Å². The van der Waals surface area contributed by atoms with Crippen molar-refractivity contribution < 1.29 is 8.42 Å². The molecular formula is C13H18BrClN2O2S. The van der Waals surface area contributed by atoms with Crippen molar-refractivity contribution in [2.45, 2.75) is 24.2 Å². The van der Waals surface area contributed by atoms with E-state index >= 15 is 0 Å². The van der Waals surface area contributed by atoms with Gasteiger partial charge in [-0.15, -0.1) is 0 Å². The second-order valence-corrected chi connectivity index (χ2v) is 7.93. The van der Waals surface area contributed by atoms with Gasteiger partial charge in [-0.25, -0.2) is 13.1 Å². The number of halogens is 2. The molecular weight excluding hydrogens is 364 g/mol. The van der Waals surface area contributed by atoms with Gasteiger partial charge in [-0.1, -0.05) is 27.5 Å². The first kappa shape index (κ1) is 16.2. The highest BCUT2D eigenvalue weighted by molar-refractivity contribution is 9.10. The lowest BCUT2D eigenvalue weighted by Crippen LogP contribution is -2.28. The van der Waals surface area contributed by atoms with Gasteiger partial charge in [0.1, 0.15) is 4.90 Å². The molecule has 1 heterocycles. The Morgan fingerprint density at radius 1 is 1.30 bits per heavy atom. The van der Waals surface area contributed by atoms with E-state index in [1.165, 1.54) is 18.9 Å². The molecule has 0 bridgehead atoms. The van der Waals surface area contributed by atoms with Crippen LogP contribution in [0.1, 0.15) is 19.3 Å². The molecule has 1 N–H and O–H groups in total. The molecule has 0 saturated carbocycles. The summed E-state index contributed by atoms with van der Waals surface area (Å²) in [5.74, 6) is 0. The Kier molecular flexibility index (Phi) is 5.86. The van der Waals surface area contributed by atoms with E-state index in [0.29, 0.717) is 6.54 Å². The highest BCUT2D eigenvalue weighted by Gasteiger charge is 2.18. The highest BCUT2D eigenvalue weighted by Crippen LogP contribution is 2.24. The number of nitrogens with zero attached hydrogens (tertiary/aromatic N) is 1. The van der Waals surface area contributed by atoms with Gasteiger partial charge < -0.3 is 4.90 Å². The van der Waals surface area contributed by atoms with Gasteiger partial charge in [0.05, 0.1) is 5.02 Å². The van der Waals surface area contributed by atoms with Crippen LogP contribution >= 0.6 is 27.5 Å². The topological polar surface area (TPSA) is 49.4 Å². The molecule has 0 radical (unpaired) electrons. The van der Waals surface area contributed by atoms with E-state index < -0.39 is 10.0 Å². The third-order valence-electron chi connectivity index (χ3n) is 3.33. The summed E-state index contributed by atoms with van der Waals surface area (Å²) in [6.07, 6.45) is 3.31. The van der Waals surface area contributed by atoms with Crippen molar-refractivity contribution in [2.24, 2.45) is 0 Å². The number of hydrogen-bond donors (Lipinski definition) is 1. The van der Waals surface area contributed by atoms with Gasteiger partial charge in [0.25, 0.3) is 0 Å². The maximum atomic E-state index is 12.1. The average Bonchev–Trinajstić information content (AvgIpc) is 2.87. The van der Waals surface area contributed by atoms with Crippen LogP contribution in [0.2, 0.25) is 5.02 Å². The van der Waals surface area contributed by atoms with Gasteiger partial charge in [0, 0.05) is 11.0 Å². The van der Waals surface area contributed by atoms with Crippen LogP contribution in [0.3, 0.4) is 0 Å². The standard InChI is InChI=1S/C13H18BrClN2O2S/c14-11-4-5-13(12(15)10-11)20(18,19)16-6-3-9-17-7-1-2-8-17/h4-5,10,16H,1-3,6-9H2. The smallest absolute Gasteiger partial charge is 0.242 e. The summed E-state index contributed by atoms with van der Waals surface area (Å²) in [5, 5.41) is 0.228. The van der Waals surface area contributed by atoms with Gasteiger partial charge >= 0.3 is 0 Å². The van der Waals surface area contributed by atoms with E-state index in [0.717, 1.165) is 30.5 Å². The Labute approximate surface area is 133 Å². The van der Waals surface area contributed by atoms with Gasteiger partial charge in [0.15, 0.2) is 0 Å². The normalized spacial score (nSPS) is 16.7. The van der Waals surface area contributed by atoms with Crippen LogP contribution in [-0.4, -0.2) is 39.5 Å². The first-order chi connectivity index (χ1) is 9.49. The zero-order chi connectivity index (χ0) is 14.6. The maximum absolute atomic E-state index is 12.1. The zero-order valence-electron chi connectivity index (χ0n) is 11.1. The predicted molar refractivity (Wildman–Crippen MR) is 84.6 cm³/mol. The van der Waals surface area contributed by atoms with Crippen LogP contribution in [0.4, 0.5) is 0 Å². The number of rotatable bonds is 6. The lowest BCUT2D eigenvalue weighted by atomic mass is 10.4. The van der Waals surface area contributed by atoms with Crippen LogP contribution in [0.15, 0.2) is 27.6 Å². The molecule has 20 heavy (non-hydrogen) atoms. The molecule has 2 rings (SSSR count). The molecule has 1 aliphatic heterocycles. The van der Waals surface area contributed by atoms with E-state index in [-0.39, 0.29) is 9.92 Å². The number of hydrogen-bond acceptors (Lipinski definition) is 3. The van der Waals surface area contributed by atoms with Crippen molar-refractivity contribution in [3.8, 4) is 0 Å². The van der Waals surface area contributed by atoms with E-state index in [9.17, 15) is 8.42 Å². The quantitative estimate of drug-likeness (QED) is 0.771. The van der Waals surface area contributed by atoms with E-state index in [2.05, 4.69) is 25.6 Å². The SMILES string of the molecule is O=S(=O)(NCCCN1CCCC1)c1ccc(Br)cc1Cl. The Bertz CT molecular complexity index is 559. The van der Waals surface area contributed by atoms with Crippen LogP contribution in [0.5, 0.6) is 0 Å². The first-order valence-electron chi connectivity index (χ1n) is 6.66. The van der Waals surface area contributed by atoms with Crippen molar-refractivity contribution in [1.29, 1.82) is 0 Å². The highest BCUT2D eigenvalue weighted by atomic mass is 79.9. The summed E-state index contributed by atoms with van der Waals surface area (Å²) in [6.45, 7) is 3.64. The number of sulfonamides is 1. The summed E-state index contributed by atoms with van der Waals surface area (Å²) in [4.78, 5) is 2.49. The fraction of sp³-hybridized carbons (Fsp3) is 0.538. The maximum Gasteiger partial charge on any atom is 0.242 e. The molecule has 1 fully saturated rings. The molecule has 7 heteroatoms. The summed E-state index contributed by atoms with van der Waals surface area (Å²) < 4.78 is 27.6. The second-order valence-electron chi connectivity index (χ2n) is 4.87. The van der Waals surface area contributed by atoms with E-state index in [1.54, 1.807) is 12.1 Å². The van der Waals surface area contributed by atoms with Gasteiger partial charge in [-0.2, -0.15) is 0 Å². The average molecular weight is 382 g/mol. The predicted octanol–water partition coefficient (Wildman–Crippen LogP) is 2.87. The fourth-order valence-corrected chi connectivity index (χ4v) is 4.40. The van der Waals surface area contributed by atoms with Crippen molar-refractivity contribution in [3.63, 3.8) is 0 Å². The summed E-state index contributed by atoms with van der Waals surface area (Å²) >= 11 is 9.23. The van der Waals surface area contributed by atoms with Crippen molar-refractivity contribution in [1.82, 2.24) is 9.62 Å². The summed E-state index contributed by atoms with van der Waals surface area (Å²) in [7, 11) is -3.52. The zero-order valence-corrected chi connectivity index (χ0v) is 14.3. The van der Waals surface area contributed by atoms with Crippen molar-refractivity contribution in [3.05, 3.63) is 27.7 Å². The first-order valence-corrected chi connectivity index (χ1v) is 9.31. The minimum atomic E-state index is -3.52. The van der Waals surface area contributed by atoms with E-state index in [4.69, 9.17) is 11.6 Å². The Hall–Kier alpha value is -0.140. The summed E-state index contributed by atoms with van der Waals surface area (Å²) in [6, 6.07) is 4.76. The number of benzene rings is 1. The molecule has 1 aromatic carbocycles. The second kappa shape index (κ2) is 7.22.